The summed E-state index contributed by atoms with van der Waals surface area (Å²) >= 11 is 0. The summed E-state index contributed by atoms with van der Waals surface area (Å²) in [7, 11) is 0. The van der Waals surface area contributed by atoms with Crippen molar-refractivity contribution in [1.82, 2.24) is 4.98 Å². The van der Waals surface area contributed by atoms with Gasteiger partial charge < -0.3 is 10.0 Å². The summed E-state index contributed by atoms with van der Waals surface area (Å²) in [6.45, 7) is 6.35. The molecule has 1 aromatic heterocycles. The molecule has 0 amide bonds. The maximum Gasteiger partial charge on any atom is 0.0717 e. The maximum atomic E-state index is 9.34. The second-order valence-corrected chi connectivity index (χ2v) is 4.59. The number of aryl methyl sites for hydroxylation is 1. The standard InChI is InChI=1S/C13H20N2O/c1-3-15(8-11-4-5-11)13-6-10(2)14-7-12(13)9-16/h6-7,11,16H,3-5,8-9H2,1-2H3. The fourth-order valence-electron chi connectivity index (χ4n) is 2.00. The minimum atomic E-state index is 0.0732. The van der Waals surface area contributed by atoms with Crippen LogP contribution >= 0.6 is 0 Å². The van der Waals surface area contributed by atoms with Crippen molar-refractivity contribution in [1.29, 1.82) is 0 Å². The van der Waals surface area contributed by atoms with Crippen LogP contribution in [0, 0.1) is 12.8 Å². The summed E-state index contributed by atoms with van der Waals surface area (Å²) in [4.78, 5) is 6.59. The molecule has 2 rings (SSSR count). The fraction of sp³-hybridized carbons (Fsp3) is 0.615. The van der Waals surface area contributed by atoms with Crippen LogP contribution in [-0.2, 0) is 6.61 Å². The molecule has 1 fully saturated rings. The molecule has 3 nitrogen and oxygen atoms in total. The Balaban J connectivity index is 2.23. The van der Waals surface area contributed by atoms with Crippen LogP contribution in [0.3, 0.4) is 0 Å². The highest BCUT2D eigenvalue weighted by Crippen LogP contribution is 2.32. The van der Waals surface area contributed by atoms with Gasteiger partial charge in [-0.3, -0.25) is 4.98 Å². The van der Waals surface area contributed by atoms with Crippen molar-refractivity contribution in [3.8, 4) is 0 Å². The van der Waals surface area contributed by atoms with Gasteiger partial charge in [-0.25, -0.2) is 0 Å². The first-order valence-corrected chi connectivity index (χ1v) is 6.06. The molecule has 1 N–H and O–H groups in total. The van der Waals surface area contributed by atoms with Crippen LogP contribution in [0.1, 0.15) is 31.0 Å². The minimum absolute atomic E-state index is 0.0732. The first-order valence-electron chi connectivity index (χ1n) is 6.06. The SMILES string of the molecule is CCN(CC1CC1)c1cc(C)ncc1CO. The predicted octanol–water partition coefficient (Wildman–Crippen LogP) is 2.12. The molecule has 16 heavy (non-hydrogen) atoms. The fourth-order valence-corrected chi connectivity index (χ4v) is 2.00. The Morgan fingerprint density at radius 3 is 2.81 bits per heavy atom. The lowest BCUT2D eigenvalue weighted by Crippen LogP contribution is -2.26. The Hall–Kier alpha value is -1.09. The minimum Gasteiger partial charge on any atom is -0.392 e. The highest BCUT2D eigenvalue weighted by Gasteiger charge is 2.24. The molecule has 0 spiro atoms. The Morgan fingerprint density at radius 1 is 1.50 bits per heavy atom. The van der Waals surface area contributed by atoms with E-state index in [4.69, 9.17) is 0 Å². The topological polar surface area (TPSA) is 36.4 Å². The number of pyridine rings is 1. The Kier molecular flexibility index (Phi) is 3.44. The van der Waals surface area contributed by atoms with Crippen molar-refractivity contribution in [3.05, 3.63) is 23.5 Å². The number of hydrogen-bond donors (Lipinski definition) is 1. The Morgan fingerprint density at radius 2 is 2.25 bits per heavy atom. The third kappa shape index (κ3) is 2.53. The van der Waals surface area contributed by atoms with E-state index in [2.05, 4.69) is 22.9 Å². The number of aliphatic hydroxyl groups excluding tert-OH is 1. The largest absolute Gasteiger partial charge is 0.392 e. The van der Waals surface area contributed by atoms with Crippen LogP contribution in [0.5, 0.6) is 0 Å². The van der Waals surface area contributed by atoms with Crippen LogP contribution in [-0.4, -0.2) is 23.2 Å². The van der Waals surface area contributed by atoms with E-state index in [9.17, 15) is 5.11 Å². The maximum absolute atomic E-state index is 9.34. The lowest BCUT2D eigenvalue weighted by atomic mass is 10.2. The van der Waals surface area contributed by atoms with Gasteiger partial charge in [0.25, 0.3) is 0 Å². The molecule has 1 saturated carbocycles. The molecule has 1 aromatic rings. The molecular formula is C13H20N2O. The number of rotatable bonds is 5. The van der Waals surface area contributed by atoms with Crippen LogP contribution < -0.4 is 4.90 Å². The summed E-state index contributed by atoms with van der Waals surface area (Å²) in [6, 6.07) is 2.08. The molecule has 1 aliphatic carbocycles. The van der Waals surface area contributed by atoms with E-state index in [0.717, 1.165) is 36.0 Å². The normalized spacial score (nSPS) is 15.2. The van der Waals surface area contributed by atoms with E-state index in [-0.39, 0.29) is 6.61 Å². The molecule has 3 heteroatoms. The van der Waals surface area contributed by atoms with Crippen LogP contribution in [0.4, 0.5) is 5.69 Å². The molecule has 0 atom stereocenters. The highest BCUT2D eigenvalue weighted by atomic mass is 16.3. The quantitative estimate of drug-likeness (QED) is 0.825. The van der Waals surface area contributed by atoms with E-state index in [1.54, 1.807) is 6.20 Å². The molecule has 0 unspecified atom stereocenters. The first-order chi connectivity index (χ1) is 7.74. The van der Waals surface area contributed by atoms with Gasteiger partial charge in [0.05, 0.1) is 6.61 Å². The van der Waals surface area contributed by atoms with Gasteiger partial charge in [0.1, 0.15) is 0 Å². The summed E-state index contributed by atoms with van der Waals surface area (Å²) in [5.41, 5.74) is 3.11. The molecule has 1 heterocycles. The molecule has 0 radical (unpaired) electrons. The molecular weight excluding hydrogens is 200 g/mol. The van der Waals surface area contributed by atoms with Crippen molar-refractivity contribution in [2.24, 2.45) is 5.92 Å². The van der Waals surface area contributed by atoms with E-state index in [1.807, 2.05) is 6.92 Å². The average molecular weight is 220 g/mol. The molecule has 0 bridgehead atoms. The van der Waals surface area contributed by atoms with E-state index in [1.165, 1.54) is 12.8 Å². The number of anilines is 1. The third-order valence-electron chi connectivity index (χ3n) is 3.17. The number of hydrogen-bond acceptors (Lipinski definition) is 3. The zero-order chi connectivity index (χ0) is 11.5. The van der Waals surface area contributed by atoms with Crippen LogP contribution in [0.25, 0.3) is 0 Å². The molecule has 0 aromatic carbocycles. The number of aliphatic hydroxyl groups is 1. The van der Waals surface area contributed by atoms with Crippen molar-refractivity contribution < 1.29 is 5.11 Å². The van der Waals surface area contributed by atoms with Gasteiger partial charge in [-0.1, -0.05) is 0 Å². The summed E-state index contributed by atoms with van der Waals surface area (Å²) in [6.07, 6.45) is 4.50. The van der Waals surface area contributed by atoms with Crippen molar-refractivity contribution in [2.45, 2.75) is 33.3 Å². The van der Waals surface area contributed by atoms with Crippen molar-refractivity contribution in [2.75, 3.05) is 18.0 Å². The molecule has 1 aliphatic rings. The van der Waals surface area contributed by atoms with Gasteiger partial charge in [-0.15, -0.1) is 0 Å². The van der Waals surface area contributed by atoms with Crippen molar-refractivity contribution >= 4 is 5.69 Å². The molecule has 0 aliphatic heterocycles. The zero-order valence-corrected chi connectivity index (χ0v) is 10.1. The van der Waals surface area contributed by atoms with Crippen LogP contribution in [0.2, 0.25) is 0 Å². The van der Waals surface area contributed by atoms with Gasteiger partial charge in [-0.2, -0.15) is 0 Å². The smallest absolute Gasteiger partial charge is 0.0717 e. The predicted molar refractivity (Wildman–Crippen MR) is 65.5 cm³/mol. The van der Waals surface area contributed by atoms with E-state index < -0.39 is 0 Å². The molecule has 88 valence electrons. The molecule has 0 saturated heterocycles. The van der Waals surface area contributed by atoms with Gasteiger partial charge in [0.15, 0.2) is 0 Å². The summed E-state index contributed by atoms with van der Waals surface area (Å²) < 4.78 is 0. The zero-order valence-electron chi connectivity index (χ0n) is 10.1. The highest BCUT2D eigenvalue weighted by molar-refractivity contribution is 5.53. The number of nitrogens with zero attached hydrogens (tertiary/aromatic N) is 2. The Bertz CT molecular complexity index is 361. The van der Waals surface area contributed by atoms with E-state index in [0.29, 0.717) is 0 Å². The van der Waals surface area contributed by atoms with Crippen LogP contribution in [0.15, 0.2) is 12.3 Å². The second kappa shape index (κ2) is 4.83. The summed E-state index contributed by atoms with van der Waals surface area (Å²) in [5.74, 6) is 0.861. The number of aromatic nitrogens is 1. The van der Waals surface area contributed by atoms with E-state index >= 15 is 0 Å². The lowest BCUT2D eigenvalue weighted by molar-refractivity contribution is 0.281. The monoisotopic (exact) mass is 220 g/mol. The average Bonchev–Trinajstić information content (AvgIpc) is 3.09. The van der Waals surface area contributed by atoms with Gasteiger partial charge in [0.2, 0.25) is 0 Å². The summed E-state index contributed by atoms with van der Waals surface area (Å²) in [5, 5.41) is 9.34. The third-order valence-corrected chi connectivity index (χ3v) is 3.17. The van der Waals surface area contributed by atoms with Gasteiger partial charge in [0, 0.05) is 36.2 Å². The van der Waals surface area contributed by atoms with Crippen molar-refractivity contribution in [3.63, 3.8) is 0 Å². The lowest BCUT2D eigenvalue weighted by Gasteiger charge is -2.25. The Labute approximate surface area is 97.1 Å². The second-order valence-electron chi connectivity index (χ2n) is 4.59. The van der Waals surface area contributed by atoms with Gasteiger partial charge in [-0.05, 0) is 38.7 Å². The first kappa shape index (κ1) is 11.4. The van der Waals surface area contributed by atoms with Gasteiger partial charge >= 0.3 is 0 Å².